The highest BCUT2D eigenvalue weighted by molar-refractivity contribution is 5.79. The molecule has 0 N–H and O–H groups in total. The van der Waals surface area contributed by atoms with Crippen molar-refractivity contribution in [1.29, 1.82) is 0 Å². The third-order valence-corrected chi connectivity index (χ3v) is 7.39. The molecule has 0 radical (unpaired) electrons. The largest absolute Gasteiger partial charge is 0.448 e. The van der Waals surface area contributed by atoms with Crippen LogP contribution in [-0.4, -0.2) is 42.9 Å². The lowest BCUT2D eigenvalue weighted by atomic mass is 9.89. The van der Waals surface area contributed by atoms with Crippen molar-refractivity contribution in [2.24, 2.45) is 0 Å². The number of hydrogen-bond donors (Lipinski definition) is 0. The van der Waals surface area contributed by atoms with Gasteiger partial charge < -0.3 is 9.47 Å². The number of benzene rings is 3. The van der Waals surface area contributed by atoms with Crippen LogP contribution < -0.4 is 0 Å². The molecule has 1 amide bonds. The van der Waals surface area contributed by atoms with Gasteiger partial charge in [0.15, 0.2) is 0 Å². The maximum atomic E-state index is 14.6. The fourth-order valence-electron chi connectivity index (χ4n) is 5.70. The summed E-state index contributed by atoms with van der Waals surface area (Å²) in [5.41, 5.74) is 3.87. The van der Waals surface area contributed by atoms with Crippen molar-refractivity contribution >= 4 is 11.7 Å². The van der Waals surface area contributed by atoms with Crippen LogP contribution in [0.25, 0.3) is 16.7 Å². The maximum absolute atomic E-state index is 14.6. The van der Waals surface area contributed by atoms with Crippen molar-refractivity contribution < 1.29 is 31.8 Å². The number of carbonyl (C=O) groups excluding carboxylic acids is 1. The molecule has 4 nitrogen and oxygen atoms in total. The van der Waals surface area contributed by atoms with Crippen molar-refractivity contribution in [3.05, 3.63) is 101 Å². The third kappa shape index (κ3) is 4.19. The molecular formula is C29H23F4NO3. The van der Waals surface area contributed by atoms with Gasteiger partial charge in [0.1, 0.15) is 12.4 Å². The summed E-state index contributed by atoms with van der Waals surface area (Å²) in [7, 11) is 0. The van der Waals surface area contributed by atoms with Crippen molar-refractivity contribution in [3.63, 3.8) is 0 Å². The Balaban J connectivity index is 1.23. The average Bonchev–Trinajstić information content (AvgIpc) is 3.20. The molecule has 2 bridgehead atoms. The summed E-state index contributed by atoms with van der Waals surface area (Å²) >= 11 is 0. The molecule has 1 aliphatic carbocycles. The van der Waals surface area contributed by atoms with Gasteiger partial charge in [-0.25, -0.2) is 9.18 Å². The minimum atomic E-state index is -4.58. The van der Waals surface area contributed by atoms with Gasteiger partial charge in [0.25, 0.3) is 0 Å². The third-order valence-electron chi connectivity index (χ3n) is 7.39. The van der Waals surface area contributed by atoms with E-state index in [0.29, 0.717) is 5.57 Å². The van der Waals surface area contributed by atoms with Crippen LogP contribution in [0.5, 0.6) is 0 Å². The summed E-state index contributed by atoms with van der Waals surface area (Å²) in [6.07, 6.45) is -3.31. The minimum absolute atomic E-state index is 0.0949. The fraction of sp³-hybridized carbons (Fsp3) is 0.276. The summed E-state index contributed by atoms with van der Waals surface area (Å²) in [6.45, 7) is 0.506. The molecule has 0 saturated carbocycles. The van der Waals surface area contributed by atoms with Crippen LogP contribution in [0.3, 0.4) is 0 Å². The second kappa shape index (κ2) is 9.03. The molecule has 1 saturated heterocycles. The molecule has 2 heterocycles. The molecule has 190 valence electrons. The molecular weight excluding hydrogens is 486 g/mol. The normalized spacial score (nSPS) is 20.8. The van der Waals surface area contributed by atoms with E-state index in [2.05, 4.69) is 12.1 Å². The van der Waals surface area contributed by atoms with E-state index in [0.717, 1.165) is 40.5 Å². The Morgan fingerprint density at radius 1 is 0.946 bits per heavy atom. The average molecular weight is 509 g/mol. The quantitative estimate of drug-likeness (QED) is 0.371. The molecule has 3 aliphatic rings. The van der Waals surface area contributed by atoms with Crippen LogP contribution in [0.1, 0.15) is 34.6 Å². The highest BCUT2D eigenvalue weighted by Crippen LogP contribution is 2.45. The van der Waals surface area contributed by atoms with Gasteiger partial charge in [-0.05, 0) is 52.4 Å². The summed E-state index contributed by atoms with van der Waals surface area (Å²) in [5.74, 6) is -0.824. The van der Waals surface area contributed by atoms with E-state index >= 15 is 0 Å². The van der Waals surface area contributed by atoms with Gasteiger partial charge in [-0.3, -0.25) is 4.90 Å². The highest BCUT2D eigenvalue weighted by atomic mass is 19.4. The lowest BCUT2D eigenvalue weighted by molar-refractivity contribution is -0.137. The number of fused-ring (bicyclic) bond motifs is 5. The Labute approximate surface area is 211 Å². The van der Waals surface area contributed by atoms with E-state index < -0.39 is 35.7 Å². The lowest BCUT2D eigenvalue weighted by Gasteiger charge is -2.44. The van der Waals surface area contributed by atoms with Gasteiger partial charge in [0.05, 0.1) is 30.9 Å². The van der Waals surface area contributed by atoms with Gasteiger partial charge in [0, 0.05) is 11.5 Å². The van der Waals surface area contributed by atoms with E-state index in [4.69, 9.17) is 9.47 Å². The van der Waals surface area contributed by atoms with Crippen molar-refractivity contribution in [2.45, 2.75) is 30.6 Å². The van der Waals surface area contributed by atoms with E-state index in [-0.39, 0.29) is 37.7 Å². The molecule has 3 aromatic rings. The minimum Gasteiger partial charge on any atom is -0.448 e. The fourth-order valence-corrected chi connectivity index (χ4v) is 5.70. The van der Waals surface area contributed by atoms with Crippen LogP contribution in [0, 0.1) is 5.82 Å². The van der Waals surface area contributed by atoms with E-state index in [1.165, 1.54) is 0 Å². The van der Waals surface area contributed by atoms with Gasteiger partial charge in [0.2, 0.25) is 0 Å². The number of carbonyl (C=O) groups is 1. The topological polar surface area (TPSA) is 38.8 Å². The van der Waals surface area contributed by atoms with Crippen LogP contribution in [0.2, 0.25) is 0 Å². The number of alkyl halides is 3. The van der Waals surface area contributed by atoms with Crippen LogP contribution in [0.15, 0.2) is 72.8 Å². The van der Waals surface area contributed by atoms with Crippen LogP contribution >= 0.6 is 0 Å². The van der Waals surface area contributed by atoms with Crippen LogP contribution in [-0.2, 0) is 15.7 Å². The van der Waals surface area contributed by atoms with E-state index in [1.54, 1.807) is 11.0 Å². The second-order valence-corrected chi connectivity index (χ2v) is 9.56. The first-order chi connectivity index (χ1) is 17.8. The second-order valence-electron chi connectivity index (χ2n) is 9.56. The number of amides is 1. The maximum Gasteiger partial charge on any atom is 0.416 e. The van der Waals surface area contributed by atoms with Crippen molar-refractivity contribution in [2.75, 3.05) is 19.8 Å². The van der Waals surface area contributed by atoms with Gasteiger partial charge in [-0.15, -0.1) is 0 Å². The number of ether oxygens (including phenoxy) is 2. The lowest BCUT2D eigenvalue weighted by Crippen LogP contribution is -2.56. The first kappa shape index (κ1) is 23.7. The zero-order chi connectivity index (χ0) is 25.7. The Hall–Kier alpha value is -3.65. The zero-order valence-electron chi connectivity index (χ0n) is 19.7. The Bertz CT molecular complexity index is 1350. The predicted octanol–water partition coefficient (Wildman–Crippen LogP) is 6.65. The smallest absolute Gasteiger partial charge is 0.416 e. The molecule has 0 aromatic heterocycles. The molecule has 1 fully saturated rings. The standard InChI is InChI=1S/C29H23F4NO3/c30-27-10-9-18(29(31,32)33)13-25(27)17-11-19-14-36-15-20(12-17)34(19)28(35)37-16-26-23-7-3-1-5-21(23)22-6-2-4-8-24(22)26/h1-11,13,19-20,26H,12,14-16H2. The number of hydrogen-bond acceptors (Lipinski definition) is 3. The summed E-state index contributed by atoms with van der Waals surface area (Å²) in [4.78, 5) is 14.9. The van der Waals surface area contributed by atoms with E-state index in [9.17, 15) is 22.4 Å². The summed E-state index contributed by atoms with van der Waals surface area (Å²) in [5, 5.41) is 0. The molecule has 37 heavy (non-hydrogen) atoms. The first-order valence-electron chi connectivity index (χ1n) is 12.1. The van der Waals surface area contributed by atoms with Crippen molar-refractivity contribution in [3.8, 4) is 11.1 Å². The molecule has 6 rings (SSSR count). The summed E-state index contributed by atoms with van der Waals surface area (Å²) in [6, 6.07) is 17.5. The monoisotopic (exact) mass is 509 g/mol. The van der Waals surface area contributed by atoms with Gasteiger partial charge >= 0.3 is 12.3 Å². The van der Waals surface area contributed by atoms with E-state index in [1.807, 2.05) is 36.4 Å². The molecule has 8 heteroatoms. The summed E-state index contributed by atoms with van der Waals surface area (Å²) < 4.78 is 65.7. The Kier molecular flexibility index (Phi) is 5.79. The van der Waals surface area contributed by atoms with Gasteiger partial charge in [-0.2, -0.15) is 13.2 Å². The molecule has 2 atom stereocenters. The van der Waals surface area contributed by atoms with Crippen LogP contribution in [0.4, 0.5) is 22.4 Å². The Morgan fingerprint density at radius 2 is 1.62 bits per heavy atom. The molecule has 0 spiro atoms. The molecule has 3 aromatic carbocycles. The Morgan fingerprint density at radius 3 is 2.27 bits per heavy atom. The molecule has 2 unspecified atom stereocenters. The predicted molar refractivity (Wildman–Crippen MR) is 129 cm³/mol. The SMILES string of the molecule is O=C(OCC1c2ccccc2-c2ccccc21)N1C2C=C(c3cc(C(F)(F)F)ccc3F)CC1COC2. The first-order valence-corrected chi connectivity index (χ1v) is 12.1. The zero-order valence-corrected chi connectivity index (χ0v) is 19.7. The van der Waals surface area contributed by atoms with Gasteiger partial charge in [-0.1, -0.05) is 54.6 Å². The number of rotatable bonds is 3. The molecule has 2 aliphatic heterocycles. The van der Waals surface area contributed by atoms with Crippen molar-refractivity contribution in [1.82, 2.24) is 4.90 Å². The number of nitrogens with zero attached hydrogens (tertiary/aromatic N) is 1. The highest BCUT2D eigenvalue weighted by Gasteiger charge is 2.41. The number of halogens is 4. The number of morpholine rings is 1.